The maximum atomic E-state index is 13.4. The molecule has 152 valence electrons. The molecule has 29 heavy (non-hydrogen) atoms. The summed E-state index contributed by atoms with van der Waals surface area (Å²) < 4.78 is 42.2. The first kappa shape index (κ1) is 14.3. The van der Waals surface area contributed by atoms with Gasteiger partial charge in [-0.05, 0) is 37.5 Å². The molecule has 2 aromatic carbocycles. The number of nitrogens with one attached hydrogen (secondary N) is 1. The van der Waals surface area contributed by atoms with Crippen molar-refractivity contribution in [2.45, 2.75) is 42.9 Å². The van der Waals surface area contributed by atoms with Crippen molar-refractivity contribution in [1.29, 1.82) is 0 Å². The number of carbonyl (C=O) groups is 3. The molecule has 1 N–H and O–H groups in total. The minimum Gasteiger partial charge on any atom is -0.548 e. The number of rotatable bonds is 5. The van der Waals surface area contributed by atoms with Gasteiger partial charge in [-0.3, -0.25) is 9.59 Å². The summed E-state index contributed by atoms with van der Waals surface area (Å²) in [5.74, 6) is -3.03. The van der Waals surface area contributed by atoms with E-state index in [2.05, 4.69) is 5.32 Å². The number of hydrogen-bond donors (Lipinski definition) is 1. The Kier molecular flexibility index (Phi) is 3.42. The molecule has 2 heterocycles. The number of carboxylic acids is 1. The fraction of sp³-hybridized carbons (Fsp3) is 0.381. The Hall–Kier alpha value is -2.74. The zero-order valence-electron chi connectivity index (χ0n) is 20.6. The summed E-state index contributed by atoms with van der Waals surface area (Å²) in [6.45, 7) is -2.85. The number of hydrogen-bond acceptors (Lipinski definition) is 6. The highest BCUT2D eigenvalue weighted by atomic mass is 32.2. The van der Waals surface area contributed by atoms with Crippen LogP contribution in [0.5, 0.6) is 5.75 Å². The smallest absolute Gasteiger partial charge is 0.256 e. The van der Waals surface area contributed by atoms with Crippen molar-refractivity contribution in [2.75, 3.05) is 6.56 Å². The van der Waals surface area contributed by atoms with E-state index in [0.717, 1.165) is 0 Å². The van der Waals surface area contributed by atoms with Crippen molar-refractivity contribution in [1.82, 2.24) is 10.2 Å². The summed E-state index contributed by atoms with van der Waals surface area (Å²) in [7, 11) is 0. The molecule has 2 aliphatic heterocycles. The van der Waals surface area contributed by atoms with Crippen molar-refractivity contribution in [3.8, 4) is 5.75 Å². The lowest BCUT2D eigenvalue weighted by Gasteiger charge is -2.45. The molecule has 0 unspecified atom stereocenters. The van der Waals surface area contributed by atoms with Gasteiger partial charge >= 0.3 is 0 Å². The average Bonchev–Trinajstić information content (AvgIpc) is 2.98. The molecule has 0 aliphatic carbocycles. The van der Waals surface area contributed by atoms with E-state index in [1.165, 1.54) is 22.7 Å². The Bertz CT molecular complexity index is 1200. The van der Waals surface area contributed by atoms with Gasteiger partial charge in [0, 0.05) is 8.86 Å². The summed E-state index contributed by atoms with van der Waals surface area (Å²) in [6, 6.07) is 7.38. The second-order valence-corrected chi connectivity index (χ2v) is 9.16. The standard InChI is InChI=1S/C21H22N2O5S/c1-4-28-13-10-9-11-7-5-6-8-12(11)14(13)17(24)22-15-18(25)23-16(20(26)27)21(2,3)29-19(15)23/h5-10,15-16,19H,4H2,1-3H3,(H,22,24)(H,26,27)/p-1/t15-,16+,19-/m1/s1/i1D3,4D2. The number of amides is 2. The molecule has 4 rings (SSSR count). The fourth-order valence-corrected chi connectivity index (χ4v) is 5.59. The van der Waals surface area contributed by atoms with Crippen molar-refractivity contribution in [2.24, 2.45) is 0 Å². The molecule has 7 nitrogen and oxygen atoms in total. The quantitative estimate of drug-likeness (QED) is 0.732. The maximum Gasteiger partial charge on any atom is 0.256 e. The second-order valence-electron chi connectivity index (χ2n) is 7.39. The maximum absolute atomic E-state index is 13.4. The Morgan fingerprint density at radius 2 is 2.10 bits per heavy atom. The number of β-lactam (4-membered cyclic amide) rings is 1. The van der Waals surface area contributed by atoms with Crippen LogP contribution in [-0.2, 0) is 9.59 Å². The molecular formula is C21H21N2O5S-. The van der Waals surface area contributed by atoms with Crippen LogP contribution in [0.4, 0.5) is 0 Å². The topological polar surface area (TPSA) is 98.8 Å². The molecule has 2 amide bonds. The Labute approximate surface area is 179 Å². The van der Waals surface area contributed by atoms with Crippen LogP contribution >= 0.6 is 11.8 Å². The van der Waals surface area contributed by atoms with Crippen molar-refractivity contribution < 1.29 is 31.1 Å². The summed E-state index contributed by atoms with van der Waals surface area (Å²) in [5.41, 5.74) is -0.129. The van der Waals surface area contributed by atoms with Gasteiger partial charge < -0.3 is 24.9 Å². The van der Waals surface area contributed by atoms with Gasteiger partial charge in [0.1, 0.15) is 17.2 Å². The first-order chi connectivity index (χ1) is 15.7. The summed E-state index contributed by atoms with van der Waals surface area (Å²) in [4.78, 5) is 38.9. The molecule has 2 fully saturated rings. The lowest BCUT2D eigenvalue weighted by atomic mass is 9.95. The van der Waals surface area contributed by atoms with E-state index in [9.17, 15) is 19.5 Å². The van der Waals surface area contributed by atoms with E-state index in [4.69, 9.17) is 11.6 Å². The van der Waals surface area contributed by atoms with E-state index >= 15 is 0 Å². The normalized spacial score (nSPS) is 28.2. The van der Waals surface area contributed by atoms with Gasteiger partial charge in [-0.1, -0.05) is 30.3 Å². The number of nitrogens with zero attached hydrogens (tertiary/aromatic N) is 1. The van der Waals surface area contributed by atoms with Gasteiger partial charge in [0.2, 0.25) is 5.91 Å². The van der Waals surface area contributed by atoms with E-state index < -0.39 is 53.4 Å². The molecule has 3 atom stereocenters. The number of fused-ring (bicyclic) bond motifs is 2. The monoisotopic (exact) mass is 418 g/mol. The molecule has 0 radical (unpaired) electrons. The average molecular weight is 419 g/mol. The van der Waals surface area contributed by atoms with Crippen LogP contribution < -0.4 is 15.2 Å². The molecular weight excluding hydrogens is 392 g/mol. The SMILES string of the molecule is [2H]C([2H])([2H])C([2H])([2H])Oc1ccc2ccccc2c1C(=O)N[C@@H]1C(=O)N2[C@@H]1SC(C)(C)[C@@H]2C(=O)[O-]. The molecule has 0 saturated carbocycles. The minimum atomic E-state index is -3.12. The largest absolute Gasteiger partial charge is 0.548 e. The molecule has 0 spiro atoms. The Balaban J connectivity index is 1.68. The van der Waals surface area contributed by atoms with E-state index in [0.29, 0.717) is 10.8 Å². The molecule has 8 heteroatoms. The third kappa shape index (κ3) is 3.02. The van der Waals surface area contributed by atoms with Crippen molar-refractivity contribution in [3.05, 3.63) is 42.0 Å². The Morgan fingerprint density at radius 3 is 2.83 bits per heavy atom. The van der Waals surface area contributed by atoms with Crippen molar-refractivity contribution >= 4 is 40.3 Å². The highest BCUT2D eigenvalue weighted by Crippen LogP contribution is 2.50. The van der Waals surface area contributed by atoms with Crippen LogP contribution in [0.1, 0.15) is 37.9 Å². The van der Waals surface area contributed by atoms with Gasteiger partial charge in [-0.25, -0.2) is 0 Å². The lowest BCUT2D eigenvalue weighted by molar-refractivity contribution is -0.312. The van der Waals surface area contributed by atoms with Crippen LogP contribution in [0, 0.1) is 0 Å². The fourth-order valence-electron chi connectivity index (χ4n) is 3.97. The van der Waals surface area contributed by atoms with E-state index in [1.807, 2.05) is 0 Å². The van der Waals surface area contributed by atoms with Gasteiger partial charge in [0.05, 0.1) is 26.9 Å². The van der Waals surface area contributed by atoms with Gasteiger partial charge in [0.15, 0.2) is 0 Å². The van der Waals surface area contributed by atoms with Gasteiger partial charge in [-0.15, -0.1) is 11.8 Å². The zero-order valence-corrected chi connectivity index (χ0v) is 16.4. The highest BCUT2D eigenvalue weighted by Gasteiger charge is 2.62. The summed E-state index contributed by atoms with van der Waals surface area (Å²) in [5, 5.41) is 14.6. The molecule has 0 aromatic heterocycles. The summed E-state index contributed by atoms with van der Waals surface area (Å²) >= 11 is 1.23. The Morgan fingerprint density at radius 1 is 1.34 bits per heavy atom. The second kappa shape index (κ2) is 6.95. The number of ether oxygens (including phenoxy) is 1. The third-order valence-corrected chi connectivity index (χ3v) is 6.80. The predicted molar refractivity (Wildman–Crippen MR) is 107 cm³/mol. The first-order valence-corrected chi connectivity index (χ1v) is 9.76. The zero-order chi connectivity index (χ0) is 25.2. The molecule has 0 bridgehead atoms. The van der Waals surface area contributed by atoms with E-state index in [-0.39, 0.29) is 11.3 Å². The van der Waals surface area contributed by atoms with Gasteiger partial charge in [0.25, 0.3) is 5.91 Å². The number of benzene rings is 2. The number of carboxylic acid groups (broad SMARTS) is 1. The van der Waals surface area contributed by atoms with Crippen LogP contribution in [0.3, 0.4) is 0 Å². The van der Waals surface area contributed by atoms with Crippen LogP contribution in [0.15, 0.2) is 36.4 Å². The van der Waals surface area contributed by atoms with Crippen LogP contribution in [0.2, 0.25) is 0 Å². The van der Waals surface area contributed by atoms with Gasteiger partial charge in [-0.2, -0.15) is 0 Å². The molecule has 2 aromatic rings. The molecule has 2 saturated heterocycles. The highest BCUT2D eigenvalue weighted by molar-refractivity contribution is 8.01. The van der Waals surface area contributed by atoms with Crippen LogP contribution in [0.25, 0.3) is 10.8 Å². The lowest BCUT2D eigenvalue weighted by Crippen LogP contribution is -2.71. The first-order valence-electron chi connectivity index (χ1n) is 11.4. The number of thioether (sulfide) groups is 1. The number of aliphatic carboxylic acids is 1. The number of carbonyl (C=O) groups excluding carboxylic acids is 3. The third-order valence-electron chi connectivity index (χ3n) is 5.23. The molecule has 2 aliphatic rings. The predicted octanol–water partition coefficient (Wildman–Crippen LogP) is 1.15. The summed E-state index contributed by atoms with van der Waals surface area (Å²) in [6.07, 6.45) is 0. The van der Waals surface area contributed by atoms with Crippen molar-refractivity contribution in [3.63, 3.8) is 0 Å². The van der Waals surface area contributed by atoms with Crippen LogP contribution in [-0.4, -0.2) is 51.4 Å². The van der Waals surface area contributed by atoms with E-state index in [1.54, 1.807) is 44.2 Å². The minimum absolute atomic E-state index is 0.129.